The molecule has 0 saturated heterocycles. The zero-order valence-electron chi connectivity index (χ0n) is 12.6. The smallest absolute Gasteiger partial charge is 0.224 e. The number of benzene rings is 1. The van der Waals surface area contributed by atoms with Gasteiger partial charge in [-0.3, -0.25) is 9.59 Å². The molecule has 2 N–H and O–H groups in total. The fraction of sp³-hybridized carbons (Fsp3) is 0.500. The average molecular weight is 325 g/mol. The Morgan fingerprint density at radius 2 is 1.91 bits per heavy atom. The molecule has 1 saturated carbocycles. The lowest BCUT2D eigenvalue weighted by Gasteiger charge is -2.06. The normalized spacial score (nSPS) is 19.5. The largest absolute Gasteiger partial charge is 0.383 e. The monoisotopic (exact) mass is 324 g/mol. The van der Waals surface area contributed by atoms with Crippen LogP contribution in [0.25, 0.3) is 0 Å². The Morgan fingerprint density at radius 1 is 1.23 bits per heavy atom. The molecule has 2 unspecified atom stereocenters. The van der Waals surface area contributed by atoms with Crippen LogP contribution in [-0.4, -0.2) is 38.6 Å². The first-order chi connectivity index (χ1) is 10.6. The van der Waals surface area contributed by atoms with Crippen molar-refractivity contribution in [2.75, 3.05) is 26.8 Å². The van der Waals surface area contributed by atoms with Gasteiger partial charge in [0.05, 0.1) is 18.4 Å². The van der Waals surface area contributed by atoms with E-state index in [9.17, 15) is 9.59 Å². The Kier molecular flexibility index (Phi) is 6.21. The van der Waals surface area contributed by atoms with E-state index in [4.69, 9.17) is 16.3 Å². The lowest BCUT2D eigenvalue weighted by atomic mass is 10.1. The van der Waals surface area contributed by atoms with Gasteiger partial charge in [-0.15, -0.1) is 0 Å². The number of rotatable bonds is 8. The zero-order chi connectivity index (χ0) is 15.9. The molecule has 2 amide bonds. The average Bonchev–Trinajstić information content (AvgIpc) is 3.28. The van der Waals surface area contributed by atoms with Crippen LogP contribution in [0, 0.1) is 11.8 Å². The molecule has 1 aromatic carbocycles. The van der Waals surface area contributed by atoms with Crippen LogP contribution < -0.4 is 10.6 Å². The highest BCUT2D eigenvalue weighted by Gasteiger charge is 2.47. The highest BCUT2D eigenvalue weighted by atomic mass is 35.5. The van der Waals surface area contributed by atoms with Crippen molar-refractivity contribution < 1.29 is 14.3 Å². The lowest BCUT2D eigenvalue weighted by molar-refractivity contribution is -0.127. The molecule has 120 valence electrons. The van der Waals surface area contributed by atoms with E-state index < -0.39 is 0 Å². The topological polar surface area (TPSA) is 67.4 Å². The van der Waals surface area contributed by atoms with E-state index in [2.05, 4.69) is 10.6 Å². The summed E-state index contributed by atoms with van der Waals surface area (Å²) in [6.45, 7) is 1.51. The third-order valence-electron chi connectivity index (χ3n) is 3.67. The van der Waals surface area contributed by atoms with Gasteiger partial charge in [-0.25, -0.2) is 0 Å². The van der Waals surface area contributed by atoms with Crippen LogP contribution >= 0.6 is 11.6 Å². The third kappa shape index (κ3) is 5.00. The second-order valence-corrected chi connectivity index (χ2v) is 5.84. The Bertz CT molecular complexity index is 536. The summed E-state index contributed by atoms with van der Waals surface area (Å²) in [4.78, 5) is 23.7. The van der Waals surface area contributed by atoms with Crippen LogP contribution in [0.15, 0.2) is 24.3 Å². The van der Waals surface area contributed by atoms with Gasteiger partial charge in [0.1, 0.15) is 0 Å². The summed E-state index contributed by atoms with van der Waals surface area (Å²) in [6, 6.07) is 7.57. The second-order valence-electron chi connectivity index (χ2n) is 5.40. The van der Waals surface area contributed by atoms with Gasteiger partial charge in [0.15, 0.2) is 0 Å². The summed E-state index contributed by atoms with van der Waals surface area (Å²) in [5.74, 6) is -0.495. The maximum Gasteiger partial charge on any atom is 0.224 e. The van der Waals surface area contributed by atoms with Crippen molar-refractivity contribution in [2.24, 2.45) is 11.8 Å². The minimum Gasteiger partial charge on any atom is -0.383 e. The van der Waals surface area contributed by atoms with Gasteiger partial charge >= 0.3 is 0 Å². The van der Waals surface area contributed by atoms with Crippen molar-refractivity contribution in [2.45, 2.75) is 12.8 Å². The minimum atomic E-state index is -0.193. The number of carbonyl (C=O) groups excluding carboxylic acids is 2. The fourth-order valence-electron chi connectivity index (χ4n) is 2.34. The van der Waals surface area contributed by atoms with Crippen LogP contribution in [0.1, 0.15) is 12.0 Å². The number of amides is 2. The van der Waals surface area contributed by atoms with E-state index in [-0.39, 0.29) is 23.7 Å². The summed E-state index contributed by atoms with van der Waals surface area (Å²) in [6.07, 6.45) is 1.35. The van der Waals surface area contributed by atoms with Gasteiger partial charge in [-0.1, -0.05) is 23.7 Å². The van der Waals surface area contributed by atoms with Gasteiger partial charge in [0.2, 0.25) is 11.8 Å². The Hall–Kier alpha value is -1.59. The maximum atomic E-state index is 12.0. The van der Waals surface area contributed by atoms with Gasteiger partial charge in [-0.05, 0) is 30.5 Å². The highest BCUT2D eigenvalue weighted by molar-refractivity contribution is 6.30. The van der Waals surface area contributed by atoms with Crippen molar-refractivity contribution in [1.29, 1.82) is 0 Å². The number of methoxy groups -OCH3 is 1. The molecule has 0 bridgehead atoms. The molecule has 0 aliphatic heterocycles. The third-order valence-corrected chi connectivity index (χ3v) is 3.91. The van der Waals surface area contributed by atoms with E-state index in [0.717, 1.165) is 12.0 Å². The maximum absolute atomic E-state index is 12.0. The number of hydrogen-bond acceptors (Lipinski definition) is 3. The molecular weight excluding hydrogens is 304 g/mol. The summed E-state index contributed by atoms with van der Waals surface area (Å²) >= 11 is 5.91. The fourth-order valence-corrected chi connectivity index (χ4v) is 2.55. The predicted molar refractivity (Wildman–Crippen MR) is 84.6 cm³/mol. The molecule has 5 nitrogen and oxygen atoms in total. The van der Waals surface area contributed by atoms with Gasteiger partial charge in [-0.2, -0.15) is 0 Å². The highest BCUT2D eigenvalue weighted by Crippen LogP contribution is 2.38. The van der Waals surface area contributed by atoms with Crippen molar-refractivity contribution in [3.63, 3.8) is 0 Å². The molecule has 0 radical (unpaired) electrons. The van der Waals surface area contributed by atoms with Crippen LogP contribution in [0.2, 0.25) is 5.02 Å². The standard InChI is InChI=1S/C16H21ClN2O3/c1-22-8-7-19-16(21)14-10-13(14)15(20)18-6-5-11-3-2-4-12(17)9-11/h2-4,9,13-14H,5-8,10H2,1H3,(H,18,20)(H,19,21). The minimum absolute atomic E-state index is 0.0473. The first-order valence-corrected chi connectivity index (χ1v) is 7.78. The van der Waals surface area contributed by atoms with E-state index in [1.807, 2.05) is 24.3 Å². The Balaban J connectivity index is 1.65. The summed E-state index contributed by atoms with van der Waals surface area (Å²) in [5.41, 5.74) is 1.08. The molecule has 1 fully saturated rings. The SMILES string of the molecule is COCCNC(=O)C1CC1C(=O)NCCc1cccc(Cl)c1. The summed E-state index contributed by atoms with van der Waals surface area (Å²) < 4.78 is 4.87. The van der Waals surface area contributed by atoms with E-state index in [1.54, 1.807) is 7.11 Å². The van der Waals surface area contributed by atoms with Crippen molar-refractivity contribution >= 4 is 23.4 Å². The lowest BCUT2D eigenvalue weighted by Crippen LogP contribution is -2.32. The molecule has 0 heterocycles. The van der Waals surface area contributed by atoms with Gasteiger partial charge in [0.25, 0.3) is 0 Å². The van der Waals surface area contributed by atoms with Gasteiger partial charge in [0, 0.05) is 25.2 Å². The molecule has 1 aliphatic rings. The summed E-state index contributed by atoms with van der Waals surface area (Å²) in [7, 11) is 1.58. The zero-order valence-corrected chi connectivity index (χ0v) is 13.4. The molecule has 1 aliphatic carbocycles. The molecular formula is C16H21ClN2O3. The van der Waals surface area contributed by atoms with E-state index in [0.29, 0.717) is 31.1 Å². The number of carbonyl (C=O) groups is 2. The number of hydrogen-bond donors (Lipinski definition) is 2. The number of ether oxygens (including phenoxy) is 1. The first-order valence-electron chi connectivity index (χ1n) is 7.40. The molecule has 0 spiro atoms. The molecule has 2 atom stereocenters. The van der Waals surface area contributed by atoms with Crippen LogP contribution in [0.3, 0.4) is 0 Å². The van der Waals surface area contributed by atoms with Crippen LogP contribution in [-0.2, 0) is 20.7 Å². The molecule has 0 aromatic heterocycles. The number of nitrogens with one attached hydrogen (secondary N) is 2. The van der Waals surface area contributed by atoms with Crippen LogP contribution in [0.4, 0.5) is 0 Å². The van der Waals surface area contributed by atoms with Gasteiger partial charge < -0.3 is 15.4 Å². The van der Waals surface area contributed by atoms with E-state index in [1.165, 1.54) is 0 Å². The molecule has 22 heavy (non-hydrogen) atoms. The quantitative estimate of drug-likeness (QED) is 0.710. The van der Waals surface area contributed by atoms with Crippen molar-refractivity contribution in [3.8, 4) is 0 Å². The Labute approximate surface area is 135 Å². The number of halogens is 1. The van der Waals surface area contributed by atoms with Crippen molar-refractivity contribution in [1.82, 2.24) is 10.6 Å². The molecule has 2 rings (SSSR count). The van der Waals surface area contributed by atoms with E-state index >= 15 is 0 Å². The molecule has 1 aromatic rings. The molecule has 6 heteroatoms. The van der Waals surface area contributed by atoms with Crippen LogP contribution in [0.5, 0.6) is 0 Å². The second kappa shape index (κ2) is 8.15. The summed E-state index contributed by atoms with van der Waals surface area (Å²) in [5, 5.41) is 6.33. The van der Waals surface area contributed by atoms with Crippen molar-refractivity contribution in [3.05, 3.63) is 34.9 Å². The Morgan fingerprint density at radius 3 is 2.55 bits per heavy atom. The predicted octanol–water partition coefficient (Wildman–Crippen LogP) is 1.40. The first kappa shape index (κ1) is 16.8.